The topological polar surface area (TPSA) is 81.4 Å². The molecule has 0 heterocycles. The molecule has 0 radical (unpaired) electrons. The number of nitrogens with one attached hydrogen (secondary N) is 1. The summed E-state index contributed by atoms with van der Waals surface area (Å²) in [6, 6.07) is 14.1. The second kappa shape index (κ2) is 8.68. The Labute approximate surface area is 147 Å². The molecule has 3 N–H and O–H groups in total. The maximum Gasteiger partial charge on any atom is 0.250 e. The molecule has 0 spiro atoms. The van der Waals surface area contributed by atoms with E-state index in [4.69, 9.17) is 10.5 Å². The lowest BCUT2D eigenvalue weighted by atomic mass is 10.1. The molecule has 0 aliphatic carbocycles. The van der Waals surface area contributed by atoms with Crippen LogP contribution in [0.25, 0.3) is 6.08 Å². The van der Waals surface area contributed by atoms with E-state index in [1.54, 1.807) is 30.3 Å². The van der Waals surface area contributed by atoms with Gasteiger partial charge in [-0.2, -0.15) is 0 Å². The van der Waals surface area contributed by atoms with Gasteiger partial charge in [0, 0.05) is 11.6 Å². The van der Waals surface area contributed by atoms with Gasteiger partial charge in [0.2, 0.25) is 5.91 Å². The third-order valence-corrected chi connectivity index (χ3v) is 3.69. The summed E-state index contributed by atoms with van der Waals surface area (Å²) in [5.41, 5.74) is 6.77. The summed E-state index contributed by atoms with van der Waals surface area (Å²) in [6.45, 7) is 4.04. The molecular formula is C20H22N2O3. The van der Waals surface area contributed by atoms with Crippen molar-refractivity contribution in [3.63, 3.8) is 0 Å². The number of ether oxygens (including phenoxy) is 1. The fraction of sp³-hybridized carbons (Fsp3) is 0.200. The van der Waals surface area contributed by atoms with Gasteiger partial charge in [0.15, 0.2) is 0 Å². The van der Waals surface area contributed by atoms with E-state index in [2.05, 4.69) is 5.32 Å². The van der Waals surface area contributed by atoms with Gasteiger partial charge >= 0.3 is 0 Å². The molecule has 0 bridgehead atoms. The summed E-state index contributed by atoms with van der Waals surface area (Å²) in [4.78, 5) is 23.6. The van der Waals surface area contributed by atoms with Crippen LogP contribution in [-0.4, -0.2) is 17.9 Å². The number of amides is 2. The molecule has 1 unspecified atom stereocenters. The van der Waals surface area contributed by atoms with Gasteiger partial charge in [0.05, 0.1) is 17.4 Å². The van der Waals surface area contributed by atoms with Crippen molar-refractivity contribution >= 4 is 23.6 Å². The lowest BCUT2D eigenvalue weighted by Gasteiger charge is -2.14. The first-order chi connectivity index (χ1) is 12.0. The maximum absolute atomic E-state index is 12.2. The predicted molar refractivity (Wildman–Crippen MR) is 99.4 cm³/mol. The van der Waals surface area contributed by atoms with Crippen molar-refractivity contribution in [3.8, 4) is 5.75 Å². The van der Waals surface area contributed by atoms with Crippen molar-refractivity contribution in [2.75, 3.05) is 5.32 Å². The third kappa shape index (κ3) is 5.21. The summed E-state index contributed by atoms with van der Waals surface area (Å²) < 4.78 is 5.85. The smallest absolute Gasteiger partial charge is 0.250 e. The van der Waals surface area contributed by atoms with Crippen molar-refractivity contribution in [1.29, 1.82) is 0 Å². The molecule has 0 fully saturated rings. The van der Waals surface area contributed by atoms with E-state index in [9.17, 15) is 9.59 Å². The molecule has 0 aliphatic rings. The number of nitrogens with two attached hydrogens (primary N) is 1. The van der Waals surface area contributed by atoms with Gasteiger partial charge in [-0.05, 0) is 37.6 Å². The van der Waals surface area contributed by atoms with Crippen molar-refractivity contribution in [2.24, 2.45) is 5.73 Å². The zero-order valence-electron chi connectivity index (χ0n) is 14.4. The molecule has 5 heteroatoms. The van der Waals surface area contributed by atoms with Crippen LogP contribution < -0.4 is 15.8 Å². The highest BCUT2D eigenvalue weighted by Crippen LogP contribution is 2.21. The average Bonchev–Trinajstić information content (AvgIpc) is 2.61. The van der Waals surface area contributed by atoms with Crippen molar-refractivity contribution in [1.82, 2.24) is 0 Å². The Bertz CT molecular complexity index is 784. The van der Waals surface area contributed by atoms with Crippen LogP contribution in [0, 0.1) is 0 Å². The number of benzene rings is 2. The predicted octanol–water partition coefficient (Wildman–Crippen LogP) is 3.61. The summed E-state index contributed by atoms with van der Waals surface area (Å²) in [5.74, 6) is -0.224. The number of para-hydroxylation sites is 2. The molecule has 130 valence electrons. The number of hydrogen-bond acceptors (Lipinski definition) is 3. The Kier molecular flexibility index (Phi) is 6.34. The van der Waals surface area contributed by atoms with Crippen LogP contribution >= 0.6 is 0 Å². The largest absolute Gasteiger partial charge is 0.490 e. The van der Waals surface area contributed by atoms with Gasteiger partial charge in [-0.25, -0.2) is 0 Å². The quantitative estimate of drug-likeness (QED) is 0.757. The lowest BCUT2D eigenvalue weighted by molar-refractivity contribution is -0.111. The molecule has 2 aromatic rings. The van der Waals surface area contributed by atoms with Crippen LogP contribution in [0.1, 0.15) is 36.2 Å². The first-order valence-corrected chi connectivity index (χ1v) is 8.14. The molecule has 0 saturated carbocycles. The SMILES string of the molecule is CCC(C)Oc1ccccc1/C=C/C(=O)Nc1ccccc1C(N)=O. The van der Waals surface area contributed by atoms with Crippen molar-refractivity contribution in [2.45, 2.75) is 26.4 Å². The average molecular weight is 338 g/mol. The zero-order chi connectivity index (χ0) is 18.2. The monoisotopic (exact) mass is 338 g/mol. The molecule has 2 aromatic carbocycles. The number of rotatable bonds is 7. The van der Waals surface area contributed by atoms with Gasteiger partial charge in [-0.15, -0.1) is 0 Å². The molecule has 2 rings (SSSR count). The van der Waals surface area contributed by atoms with E-state index in [0.717, 1.165) is 17.7 Å². The highest BCUT2D eigenvalue weighted by atomic mass is 16.5. The van der Waals surface area contributed by atoms with E-state index in [1.807, 2.05) is 38.1 Å². The zero-order valence-corrected chi connectivity index (χ0v) is 14.4. The van der Waals surface area contributed by atoms with Gasteiger partial charge in [0.1, 0.15) is 5.75 Å². The number of hydrogen-bond donors (Lipinski definition) is 2. The fourth-order valence-electron chi connectivity index (χ4n) is 2.17. The molecule has 0 aromatic heterocycles. The van der Waals surface area contributed by atoms with Gasteiger partial charge in [-0.3, -0.25) is 9.59 Å². The second-order valence-electron chi connectivity index (χ2n) is 5.61. The first kappa shape index (κ1) is 18.3. The van der Waals surface area contributed by atoms with Crippen LogP contribution in [0.5, 0.6) is 5.75 Å². The van der Waals surface area contributed by atoms with E-state index in [1.165, 1.54) is 6.08 Å². The highest BCUT2D eigenvalue weighted by molar-refractivity contribution is 6.07. The Balaban J connectivity index is 2.12. The van der Waals surface area contributed by atoms with Crippen LogP contribution in [0.4, 0.5) is 5.69 Å². The van der Waals surface area contributed by atoms with Gasteiger partial charge < -0.3 is 15.8 Å². The summed E-state index contributed by atoms with van der Waals surface area (Å²) in [6.07, 6.45) is 4.06. The number of carbonyl (C=O) groups is 2. The first-order valence-electron chi connectivity index (χ1n) is 8.14. The van der Waals surface area contributed by atoms with Crippen LogP contribution in [-0.2, 0) is 4.79 Å². The normalized spacial score (nSPS) is 11.9. The summed E-state index contributed by atoms with van der Waals surface area (Å²) in [7, 11) is 0. The lowest BCUT2D eigenvalue weighted by Crippen LogP contribution is -2.16. The van der Waals surface area contributed by atoms with E-state index in [-0.39, 0.29) is 17.6 Å². The maximum atomic E-state index is 12.2. The Hall–Kier alpha value is -3.08. The van der Waals surface area contributed by atoms with E-state index >= 15 is 0 Å². The Morgan fingerprint density at radius 3 is 2.56 bits per heavy atom. The minimum atomic E-state index is -0.591. The number of carbonyl (C=O) groups excluding carboxylic acids is 2. The number of primary amides is 1. The van der Waals surface area contributed by atoms with E-state index in [0.29, 0.717) is 5.69 Å². The van der Waals surface area contributed by atoms with Crippen LogP contribution in [0.15, 0.2) is 54.6 Å². The molecule has 1 atom stereocenters. The number of anilines is 1. The molecular weight excluding hydrogens is 316 g/mol. The standard InChI is InChI=1S/C20H22N2O3/c1-3-14(2)25-18-11-7-4-8-15(18)12-13-19(23)22-17-10-6-5-9-16(17)20(21)24/h4-14H,3H2,1-2H3,(H2,21,24)(H,22,23)/b13-12+. The summed E-state index contributed by atoms with van der Waals surface area (Å²) >= 11 is 0. The van der Waals surface area contributed by atoms with Gasteiger partial charge in [0.25, 0.3) is 5.91 Å². The van der Waals surface area contributed by atoms with Crippen molar-refractivity contribution < 1.29 is 14.3 Å². The Morgan fingerprint density at radius 2 is 1.84 bits per heavy atom. The molecule has 2 amide bonds. The van der Waals surface area contributed by atoms with Crippen molar-refractivity contribution in [3.05, 3.63) is 65.7 Å². The molecule has 0 aliphatic heterocycles. The second-order valence-corrected chi connectivity index (χ2v) is 5.61. The summed E-state index contributed by atoms with van der Waals surface area (Å²) in [5, 5.41) is 2.67. The highest BCUT2D eigenvalue weighted by Gasteiger charge is 2.09. The van der Waals surface area contributed by atoms with Gasteiger partial charge in [-0.1, -0.05) is 37.3 Å². The van der Waals surface area contributed by atoms with E-state index < -0.39 is 5.91 Å². The minimum absolute atomic E-state index is 0.0887. The molecule has 0 saturated heterocycles. The Morgan fingerprint density at radius 1 is 1.16 bits per heavy atom. The van der Waals surface area contributed by atoms with Crippen LogP contribution in [0.2, 0.25) is 0 Å². The minimum Gasteiger partial charge on any atom is -0.490 e. The molecule has 25 heavy (non-hydrogen) atoms. The third-order valence-electron chi connectivity index (χ3n) is 3.69. The molecule has 5 nitrogen and oxygen atoms in total. The fourth-order valence-corrected chi connectivity index (χ4v) is 2.17. The van der Waals surface area contributed by atoms with Crippen LogP contribution in [0.3, 0.4) is 0 Å².